The van der Waals surface area contributed by atoms with Gasteiger partial charge in [0.25, 0.3) is 0 Å². The fourth-order valence-electron chi connectivity index (χ4n) is 6.67. The Bertz CT molecular complexity index is 1510. The van der Waals surface area contributed by atoms with Crippen molar-refractivity contribution in [2.24, 2.45) is 11.8 Å². The van der Waals surface area contributed by atoms with Gasteiger partial charge in [-0.05, 0) is 112 Å². The van der Waals surface area contributed by atoms with Gasteiger partial charge in [-0.15, -0.1) is 0 Å². The highest BCUT2D eigenvalue weighted by Gasteiger charge is 2.34. The number of pyridine rings is 1. The van der Waals surface area contributed by atoms with E-state index in [1.165, 1.54) is 5.56 Å². The van der Waals surface area contributed by atoms with Crippen molar-refractivity contribution in [3.63, 3.8) is 0 Å². The summed E-state index contributed by atoms with van der Waals surface area (Å²) < 4.78 is 12.7. The predicted molar refractivity (Wildman–Crippen MR) is 172 cm³/mol. The summed E-state index contributed by atoms with van der Waals surface area (Å²) in [5, 5.41) is 16.6. The smallest absolute Gasteiger partial charge is 0.407 e. The minimum Gasteiger partial charge on any atom is -0.495 e. The third kappa shape index (κ3) is 7.64. The molecule has 2 amide bonds. The molecule has 10 nitrogen and oxygen atoms in total. The van der Waals surface area contributed by atoms with Crippen molar-refractivity contribution in [2.75, 3.05) is 25.6 Å². The molecule has 3 aromatic rings. The summed E-state index contributed by atoms with van der Waals surface area (Å²) in [6, 6.07) is 12.4. The Morgan fingerprint density at radius 3 is 2.47 bits per heavy atom. The van der Waals surface area contributed by atoms with Crippen molar-refractivity contribution in [3.8, 4) is 22.9 Å². The molecule has 2 aliphatic carbocycles. The Kier molecular flexibility index (Phi) is 10.4. The lowest BCUT2D eigenvalue weighted by molar-refractivity contribution is -0.124. The molecule has 0 aliphatic heterocycles. The van der Waals surface area contributed by atoms with Gasteiger partial charge in [0.2, 0.25) is 5.91 Å². The van der Waals surface area contributed by atoms with Crippen molar-refractivity contribution in [3.05, 3.63) is 60.0 Å². The average Bonchev–Trinajstić information content (AvgIpc) is 3.58. The third-order valence-electron chi connectivity index (χ3n) is 9.36. The van der Waals surface area contributed by atoms with Gasteiger partial charge in [-0.1, -0.05) is 6.07 Å². The van der Waals surface area contributed by atoms with Crippen LogP contribution >= 0.6 is 0 Å². The van der Waals surface area contributed by atoms with E-state index < -0.39 is 6.09 Å². The molecule has 0 atom stereocenters. The first-order valence-corrected chi connectivity index (χ1v) is 16.1. The summed E-state index contributed by atoms with van der Waals surface area (Å²) in [5.74, 6) is 1.91. The second kappa shape index (κ2) is 14.6. The maximum absolute atomic E-state index is 14.2. The van der Waals surface area contributed by atoms with Gasteiger partial charge in [0.1, 0.15) is 23.7 Å². The van der Waals surface area contributed by atoms with Crippen LogP contribution in [-0.4, -0.2) is 53.6 Å². The van der Waals surface area contributed by atoms with E-state index in [2.05, 4.69) is 36.4 Å². The Morgan fingerprint density at radius 2 is 1.82 bits per heavy atom. The van der Waals surface area contributed by atoms with Crippen molar-refractivity contribution >= 4 is 17.8 Å². The number of hydrogen-bond acceptors (Lipinski definition) is 7. The van der Waals surface area contributed by atoms with E-state index in [4.69, 9.17) is 14.5 Å². The van der Waals surface area contributed by atoms with E-state index in [0.717, 1.165) is 36.8 Å². The molecular formula is C35H44N6O4. The van der Waals surface area contributed by atoms with E-state index in [1.807, 2.05) is 46.2 Å². The lowest BCUT2D eigenvalue weighted by Crippen LogP contribution is -2.42. The van der Waals surface area contributed by atoms with Gasteiger partial charge in [-0.3, -0.25) is 14.4 Å². The second-order valence-corrected chi connectivity index (χ2v) is 12.6. The Balaban J connectivity index is 1.32. The number of nitriles is 1. The number of methoxy groups -OCH3 is 1. The van der Waals surface area contributed by atoms with Crippen LogP contribution in [0.25, 0.3) is 11.1 Å². The highest BCUT2D eigenvalue weighted by molar-refractivity contribution is 5.94. The molecule has 5 rings (SSSR count). The fraction of sp³-hybridized carbons (Fsp3) is 0.514. The number of ether oxygens (including phenoxy) is 2. The number of nitrogens with one attached hydrogen (secondary N) is 1. The van der Waals surface area contributed by atoms with Crippen LogP contribution in [0.2, 0.25) is 0 Å². The summed E-state index contributed by atoms with van der Waals surface area (Å²) in [6.45, 7) is 4.79. The van der Waals surface area contributed by atoms with Crippen molar-refractivity contribution < 1.29 is 19.1 Å². The number of benzene rings is 1. The SMILES string of the molecule is CNC(=O)O[C@H]1CC[C@H](C(=O)N(C[C@H]2CC[C@H](c3ccc(OC)c(C#N)c3)CC2)c2cc(-c3cnn(C(C)C)c3)ccn2)CC1. The highest BCUT2D eigenvalue weighted by Crippen LogP contribution is 2.39. The number of carbonyl (C=O) groups excluding carboxylic acids is 2. The first kappa shape index (κ1) is 32.0. The van der Waals surface area contributed by atoms with Gasteiger partial charge >= 0.3 is 6.09 Å². The molecular weight excluding hydrogens is 568 g/mol. The Hall–Kier alpha value is -4.39. The largest absolute Gasteiger partial charge is 0.495 e. The molecule has 2 fully saturated rings. The van der Waals surface area contributed by atoms with Gasteiger partial charge in [0, 0.05) is 43.5 Å². The number of hydrogen-bond donors (Lipinski definition) is 1. The number of alkyl carbamates (subject to hydrolysis) is 1. The lowest BCUT2D eigenvalue weighted by atomic mass is 9.78. The lowest BCUT2D eigenvalue weighted by Gasteiger charge is -2.35. The van der Waals surface area contributed by atoms with Gasteiger partial charge in [-0.2, -0.15) is 10.4 Å². The van der Waals surface area contributed by atoms with E-state index in [1.54, 1.807) is 20.4 Å². The van der Waals surface area contributed by atoms with Gasteiger partial charge in [-0.25, -0.2) is 9.78 Å². The van der Waals surface area contributed by atoms with Gasteiger partial charge in [0.15, 0.2) is 0 Å². The van der Waals surface area contributed by atoms with E-state index in [-0.39, 0.29) is 24.0 Å². The van der Waals surface area contributed by atoms with Crippen LogP contribution in [0.1, 0.15) is 88.3 Å². The van der Waals surface area contributed by atoms with Crippen LogP contribution in [0.5, 0.6) is 5.75 Å². The van der Waals surface area contributed by atoms with E-state index >= 15 is 0 Å². The normalized spacial score (nSPS) is 21.5. The van der Waals surface area contributed by atoms with E-state index in [9.17, 15) is 14.9 Å². The van der Waals surface area contributed by atoms with Crippen molar-refractivity contribution in [2.45, 2.75) is 83.3 Å². The van der Waals surface area contributed by atoms with Crippen LogP contribution in [0.15, 0.2) is 48.9 Å². The summed E-state index contributed by atoms with van der Waals surface area (Å²) >= 11 is 0. The number of anilines is 1. The minimum atomic E-state index is -0.428. The zero-order valence-corrected chi connectivity index (χ0v) is 26.7. The Labute approximate surface area is 265 Å². The van der Waals surface area contributed by atoms with Gasteiger partial charge in [0.05, 0.1) is 18.9 Å². The summed E-state index contributed by atoms with van der Waals surface area (Å²) in [6.07, 6.45) is 11.7. The maximum Gasteiger partial charge on any atom is 0.407 e. The molecule has 10 heteroatoms. The molecule has 2 aromatic heterocycles. The van der Waals surface area contributed by atoms with Crippen molar-refractivity contribution in [1.29, 1.82) is 5.26 Å². The van der Waals surface area contributed by atoms with Crippen LogP contribution < -0.4 is 15.0 Å². The molecule has 45 heavy (non-hydrogen) atoms. The Morgan fingerprint density at radius 1 is 1.07 bits per heavy atom. The number of aromatic nitrogens is 3. The summed E-state index contributed by atoms with van der Waals surface area (Å²) in [4.78, 5) is 32.6. The van der Waals surface area contributed by atoms with Crippen LogP contribution in [0.3, 0.4) is 0 Å². The van der Waals surface area contributed by atoms with Crippen LogP contribution in [0, 0.1) is 23.2 Å². The first-order valence-electron chi connectivity index (χ1n) is 16.1. The molecule has 0 radical (unpaired) electrons. The second-order valence-electron chi connectivity index (χ2n) is 12.6. The number of rotatable bonds is 9. The molecule has 0 saturated heterocycles. The minimum absolute atomic E-state index is 0.0897. The molecule has 238 valence electrons. The summed E-state index contributed by atoms with van der Waals surface area (Å²) in [7, 11) is 3.14. The maximum atomic E-state index is 14.2. The summed E-state index contributed by atoms with van der Waals surface area (Å²) in [5.41, 5.74) is 3.70. The molecule has 1 N–H and O–H groups in total. The quantitative estimate of drug-likeness (QED) is 0.288. The molecule has 2 heterocycles. The fourth-order valence-corrected chi connectivity index (χ4v) is 6.67. The molecule has 0 spiro atoms. The standard InChI is InChI=1S/C35H44N6O4/c1-23(2)41-22-30(20-39-41)28-15-16-38-33(18-28)40(34(42)26-9-12-31(13-10-26)45-35(43)37-3)21-24-5-7-25(8-6-24)27-11-14-32(44-4)29(17-27)19-36/h11,14-18,20,22-26,31H,5-10,12-13,21H2,1-4H3,(H,37,43)/t24-,25-,26-,31-. The molecule has 0 unspecified atom stereocenters. The number of nitrogens with zero attached hydrogens (tertiary/aromatic N) is 5. The third-order valence-corrected chi connectivity index (χ3v) is 9.36. The molecule has 2 aliphatic rings. The molecule has 0 bridgehead atoms. The zero-order valence-electron chi connectivity index (χ0n) is 26.7. The van der Waals surface area contributed by atoms with Crippen LogP contribution in [0.4, 0.5) is 10.6 Å². The topological polar surface area (TPSA) is 122 Å². The predicted octanol–water partition coefficient (Wildman–Crippen LogP) is 6.63. The van der Waals surface area contributed by atoms with Crippen molar-refractivity contribution in [1.82, 2.24) is 20.1 Å². The molecule has 2 saturated carbocycles. The first-order chi connectivity index (χ1) is 21.8. The average molecular weight is 613 g/mol. The highest BCUT2D eigenvalue weighted by atomic mass is 16.6. The zero-order chi connectivity index (χ0) is 31.9. The van der Waals surface area contributed by atoms with Gasteiger partial charge < -0.3 is 14.8 Å². The molecule has 1 aromatic carbocycles. The number of amides is 2. The monoisotopic (exact) mass is 612 g/mol. The number of carbonyl (C=O) groups is 2. The van der Waals surface area contributed by atoms with E-state index in [0.29, 0.717) is 61.2 Å². The van der Waals surface area contributed by atoms with Crippen LogP contribution in [-0.2, 0) is 9.53 Å².